The van der Waals surface area contributed by atoms with E-state index in [1.807, 2.05) is 18.3 Å². The second-order valence-corrected chi connectivity index (χ2v) is 7.43. The highest BCUT2D eigenvalue weighted by Gasteiger charge is 2.14. The lowest BCUT2D eigenvalue weighted by Gasteiger charge is -2.22. The molecule has 2 N–H and O–H groups in total. The summed E-state index contributed by atoms with van der Waals surface area (Å²) in [7, 11) is 3.44. The molecule has 2 heterocycles. The first kappa shape index (κ1) is 25.2. The minimum Gasteiger partial charge on any atom is -0.475 e. The van der Waals surface area contributed by atoms with Crippen LogP contribution in [0.3, 0.4) is 0 Å². The molecule has 1 aliphatic rings. The zero-order chi connectivity index (χ0) is 21.2. The Morgan fingerprint density at radius 2 is 2.00 bits per heavy atom. The zero-order valence-corrected chi connectivity index (χ0v) is 21.0. The van der Waals surface area contributed by atoms with Crippen molar-refractivity contribution in [1.29, 1.82) is 0 Å². The molecule has 0 bridgehead atoms. The van der Waals surface area contributed by atoms with Gasteiger partial charge in [0.25, 0.3) is 0 Å². The number of nitrogens with one attached hydrogen (secondary N) is 2. The summed E-state index contributed by atoms with van der Waals surface area (Å²) in [5.41, 5.74) is 3.61. The molecule has 1 atom stereocenters. The van der Waals surface area contributed by atoms with E-state index in [0.29, 0.717) is 25.6 Å². The third kappa shape index (κ3) is 7.84. The molecule has 1 aliphatic heterocycles. The van der Waals surface area contributed by atoms with Crippen molar-refractivity contribution in [2.75, 3.05) is 45.4 Å². The van der Waals surface area contributed by atoms with Crippen molar-refractivity contribution >= 4 is 35.6 Å². The standard InChI is InChI=1S/C23H33N5O2.HI/c1-18(20-7-6-8-21(15-20)28-11-4-5-12-28)27-23(24-2)26-17-19-9-10-22(25-16-19)30-14-13-29-3;/h6-10,15-16,18H,4-5,11-14,17H2,1-3H3,(H2,24,26,27);1H. The van der Waals surface area contributed by atoms with Crippen molar-refractivity contribution in [3.63, 3.8) is 0 Å². The van der Waals surface area contributed by atoms with E-state index in [1.165, 1.54) is 24.1 Å². The monoisotopic (exact) mass is 539 g/mol. The minimum atomic E-state index is 0. The van der Waals surface area contributed by atoms with Gasteiger partial charge in [0.05, 0.1) is 12.6 Å². The predicted octanol–water partition coefficient (Wildman–Crippen LogP) is 3.75. The summed E-state index contributed by atoms with van der Waals surface area (Å²) in [4.78, 5) is 11.1. The number of hydrogen-bond donors (Lipinski definition) is 2. The molecule has 3 rings (SSSR count). The fraction of sp³-hybridized carbons (Fsp3) is 0.478. The van der Waals surface area contributed by atoms with E-state index >= 15 is 0 Å². The van der Waals surface area contributed by atoms with Gasteiger partial charge in [0, 0.05) is 51.7 Å². The SMILES string of the molecule is CN=C(NCc1ccc(OCCOC)nc1)NC(C)c1cccc(N2CCCC2)c1.I. The summed E-state index contributed by atoms with van der Waals surface area (Å²) in [5, 5.41) is 6.83. The molecule has 7 nitrogen and oxygen atoms in total. The average molecular weight is 539 g/mol. The van der Waals surface area contributed by atoms with E-state index in [4.69, 9.17) is 9.47 Å². The number of nitrogens with zero attached hydrogens (tertiary/aromatic N) is 3. The number of rotatable bonds is 9. The topological polar surface area (TPSA) is 71.0 Å². The van der Waals surface area contributed by atoms with Crippen LogP contribution in [0.2, 0.25) is 0 Å². The number of pyridine rings is 1. The number of halogens is 1. The molecule has 1 aromatic carbocycles. The Bertz CT molecular complexity index is 810. The molecule has 1 saturated heterocycles. The molecule has 31 heavy (non-hydrogen) atoms. The van der Waals surface area contributed by atoms with Gasteiger partial charge in [-0.15, -0.1) is 24.0 Å². The molecule has 1 fully saturated rings. The molecular formula is C23H34IN5O2. The summed E-state index contributed by atoms with van der Waals surface area (Å²) in [5.74, 6) is 1.36. The van der Waals surface area contributed by atoms with Crippen molar-refractivity contribution in [3.8, 4) is 5.88 Å². The maximum absolute atomic E-state index is 5.50. The number of benzene rings is 1. The molecule has 8 heteroatoms. The Labute approximate surface area is 202 Å². The Morgan fingerprint density at radius 3 is 2.68 bits per heavy atom. The van der Waals surface area contributed by atoms with Gasteiger partial charge in [0.2, 0.25) is 5.88 Å². The summed E-state index contributed by atoms with van der Waals surface area (Å²) in [6, 6.07) is 12.8. The number of guanidine groups is 1. The highest BCUT2D eigenvalue weighted by Crippen LogP contribution is 2.23. The van der Waals surface area contributed by atoms with Crippen LogP contribution in [0.4, 0.5) is 5.69 Å². The molecule has 0 spiro atoms. The van der Waals surface area contributed by atoms with Gasteiger partial charge >= 0.3 is 0 Å². The van der Waals surface area contributed by atoms with Crippen molar-refractivity contribution in [2.24, 2.45) is 4.99 Å². The van der Waals surface area contributed by atoms with Gasteiger partial charge in [-0.2, -0.15) is 0 Å². The lowest BCUT2D eigenvalue weighted by atomic mass is 10.1. The predicted molar refractivity (Wildman–Crippen MR) is 137 cm³/mol. The first-order valence-electron chi connectivity index (χ1n) is 10.6. The highest BCUT2D eigenvalue weighted by molar-refractivity contribution is 14.0. The lowest BCUT2D eigenvalue weighted by molar-refractivity contribution is 0.143. The summed E-state index contributed by atoms with van der Waals surface area (Å²) in [6.45, 7) is 6.13. The lowest BCUT2D eigenvalue weighted by Crippen LogP contribution is -2.38. The smallest absolute Gasteiger partial charge is 0.213 e. The van der Waals surface area contributed by atoms with Crippen LogP contribution in [-0.2, 0) is 11.3 Å². The van der Waals surface area contributed by atoms with Crippen LogP contribution in [0, 0.1) is 0 Å². The Kier molecular flexibility index (Phi) is 10.9. The third-order valence-corrected chi connectivity index (χ3v) is 5.21. The molecule has 1 unspecified atom stereocenters. The second-order valence-electron chi connectivity index (χ2n) is 7.43. The summed E-state index contributed by atoms with van der Waals surface area (Å²) in [6.07, 6.45) is 4.37. The van der Waals surface area contributed by atoms with E-state index in [0.717, 1.165) is 24.6 Å². The molecule has 0 amide bonds. The van der Waals surface area contributed by atoms with Crippen molar-refractivity contribution in [2.45, 2.75) is 32.4 Å². The van der Waals surface area contributed by atoms with Crippen LogP contribution < -0.4 is 20.3 Å². The fourth-order valence-corrected chi connectivity index (χ4v) is 3.47. The maximum Gasteiger partial charge on any atom is 0.213 e. The van der Waals surface area contributed by atoms with Gasteiger partial charge < -0.3 is 25.0 Å². The number of anilines is 1. The number of methoxy groups -OCH3 is 1. The van der Waals surface area contributed by atoms with E-state index in [1.54, 1.807) is 14.2 Å². The van der Waals surface area contributed by atoms with Gasteiger partial charge in [0.15, 0.2) is 5.96 Å². The number of aliphatic imine (C=N–C) groups is 1. The number of hydrogen-bond acceptors (Lipinski definition) is 5. The molecule has 2 aromatic rings. The van der Waals surface area contributed by atoms with E-state index < -0.39 is 0 Å². The molecule has 0 saturated carbocycles. The summed E-state index contributed by atoms with van der Waals surface area (Å²) >= 11 is 0. The molecule has 1 aromatic heterocycles. The van der Waals surface area contributed by atoms with Gasteiger partial charge in [0.1, 0.15) is 6.61 Å². The largest absolute Gasteiger partial charge is 0.475 e. The quantitative estimate of drug-likeness (QED) is 0.219. The minimum absolute atomic E-state index is 0. The van der Waals surface area contributed by atoms with Crippen LogP contribution >= 0.6 is 24.0 Å². The second kappa shape index (κ2) is 13.4. The highest BCUT2D eigenvalue weighted by atomic mass is 127. The van der Waals surface area contributed by atoms with Crippen LogP contribution in [0.1, 0.15) is 36.9 Å². The van der Waals surface area contributed by atoms with Gasteiger partial charge in [-0.25, -0.2) is 4.98 Å². The number of aromatic nitrogens is 1. The van der Waals surface area contributed by atoms with Crippen LogP contribution in [-0.4, -0.2) is 51.4 Å². The maximum atomic E-state index is 5.50. The van der Waals surface area contributed by atoms with Crippen LogP contribution in [0.5, 0.6) is 5.88 Å². The van der Waals surface area contributed by atoms with Crippen molar-refractivity contribution in [1.82, 2.24) is 15.6 Å². The first-order chi connectivity index (χ1) is 14.7. The first-order valence-corrected chi connectivity index (χ1v) is 10.6. The number of ether oxygens (including phenoxy) is 2. The zero-order valence-electron chi connectivity index (χ0n) is 18.6. The Hall–Kier alpha value is -2.07. The normalized spacial score (nSPS) is 14.7. The molecule has 0 aliphatic carbocycles. The Balaban J connectivity index is 0.00000341. The van der Waals surface area contributed by atoms with Crippen molar-refractivity contribution < 1.29 is 9.47 Å². The molecular weight excluding hydrogens is 505 g/mol. The van der Waals surface area contributed by atoms with Crippen LogP contribution in [0.15, 0.2) is 47.6 Å². The van der Waals surface area contributed by atoms with E-state index in [9.17, 15) is 0 Å². The van der Waals surface area contributed by atoms with E-state index in [2.05, 4.69) is 56.7 Å². The van der Waals surface area contributed by atoms with E-state index in [-0.39, 0.29) is 30.0 Å². The van der Waals surface area contributed by atoms with Crippen LogP contribution in [0.25, 0.3) is 0 Å². The average Bonchev–Trinajstić information content (AvgIpc) is 3.33. The Morgan fingerprint density at radius 1 is 1.19 bits per heavy atom. The third-order valence-electron chi connectivity index (χ3n) is 5.21. The van der Waals surface area contributed by atoms with Gasteiger partial charge in [-0.3, -0.25) is 4.99 Å². The molecule has 0 radical (unpaired) electrons. The van der Waals surface area contributed by atoms with Gasteiger partial charge in [-0.05, 0) is 43.0 Å². The summed E-state index contributed by atoms with van der Waals surface area (Å²) < 4.78 is 10.5. The fourth-order valence-electron chi connectivity index (χ4n) is 3.47. The molecule has 170 valence electrons. The van der Waals surface area contributed by atoms with Crippen molar-refractivity contribution in [3.05, 3.63) is 53.7 Å². The van der Waals surface area contributed by atoms with Gasteiger partial charge in [-0.1, -0.05) is 18.2 Å².